The monoisotopic (exact) mass is 289 g/mol. The van der Waals surface area contributed by atoms with Crippen LogP contribution in [0, 0.1) is 13.8 Å². The molecule has 1 atom stereocenters. The second-order valence-corrected chi connectivity index (χ2v) is 6.47. The van der Waals surface area contributed by atoms with Crippen molar-refractivity contribution in [1.82, 2.24) is 5.32 Å². The predicted molar refractivity (Wildman–Crippen MR) is 89.8 cm³/mol. The first-order chi connectivity index (χ1) is 10.1. The molecule has 2 heteroatoms. The lowest BCUT2D eigenvalue weighted by atomic mass is 9.76. The van der Waals surface area contributed by atoms with Gasteiger partial charge >= 0.3 is 0 Å². The summed E-state index contributed by atoms with van der Waals surface area (Å²) in [5.41, 5.74) is 4.05. The molecule has 0 heterocycles. The van der Waals surface area contributed by atoms with Crippen molar-refractivity contribution < 1.29 is 4.74 Å². The molecule has 0 amide bonds. The van der Waals surface area contributed by atoms with E-state index in [1.807, 2.05) is 0 Å². The van der Waals surface area contributed by atoms with E-state index in [1.165, 1.54) is 48.8 Å². The Bertz CT molecular complexity index is 423. The number of likely N-dealkylation sites (N-methyl/N-ethyl adjacent to an activating group) is 1. The van der Waals surface area contributed by atoms with Crippen LogP contribution in [0.2, 0.25) is 0 Å². The SMILES string of the molecule is CCNC(c1cc(C)cc(C)c1)C1(OCC)CCCCC1. The lowest BCUT2D eigenvalue weighted by Crippen LogP contribution is -2.47. The first-order valence-electron chi connectivity index (χ1n) is 8.57. The minimum absolute atomic E-state index is 0.0246. The molecule has 1 N–H and O–H groups in total. The van der Waals surface area contributed by atoms with E-state index in [0.717, 1.165) is 13.2 Å². The molecule has 1 aliphatic carbocycles. The summed E-state index contributed by atoms with van der Waals surface area (Å²) in [7, 11) is 0. The number of nitrogens with one attached hydrogen (secondary N) is 1. The van der Waals surface area contributed by atoms with Gasteiger partial charge in [-0.05, 0) is 45.7 Å². The van der Waals surface area contributed by atoms with Gasteiger partial charge in [0.25, 0.3) is 0 Å². The number of rotatable bonds is 6. The molecule has 0 bridgehead atoms. The zero-order valence-corrected chi connectivity index (χ0v) is 14.2. The third-order valence-electron chi connectivity index (χ3n) is 4.64. The first kappa shape index (κ1) is 16.5. The Balaban J connectivity index is 2.38. The molecule has 2 nitrogen and oxygen atoms in total. The summed E-state index contributed by atoms with van der Waals surface area (Å²) in [5.74, 6) is 0. The standard InChI is InChI=1S/C19H31NO/c1-5-20-18(17-13-15(3)12-16(4)14-17)19(21-6-2)10-8-7-9-11-19/h12-14,18,20H,5-11H2,1-4H3. The van der Waals surface area contributed by atoms with Crippen molar-refractivity contribution in [2.24, 2.45) is 0 Å². The van der Waals surface area contributed by atoms with E-state index in [9.17, 15) is 0 Å². The van der Waals surface area contributed by atoms with Crippen molar-refractivity contribution in [3.05, 3.63) is 34.9 Å². The molecule has 1 unspecified atom stereocenters. The summed E-state index contributed by atoms with van der Waals surface area (Å²) >= 11 is 0. The summed E-state index contributed by atoms with van der Waals surface area (Å²) in [6.07, 6.45) is 6.26. The van der Waals surface area contributed by atoms with Crippen LogP contribution in [0.5, 0.6) is 0 Å². The van der Waals surface area contributed by atoms with Crippen LogP contribution in [0.25, 0.3) is 0 Å². The fraction of sp³-hybridized carbons (Fsp3) is 0.684. The van der Waals surface area contributed by atoms with Crippen LogP contribution in [-0.4, -0.2) is 18.8 Å². The smallest absolute Gasteiger partial charge is 0.0876 e. The van der Waals surface area contributed by atoms with E-state index in [0.29, 0.717) is 6.04 Å². The molecule has 1 aliphatic rings. The van der Waals surface area contributed by atoms with Gasteiger partial charge in [-0.1, -0.05) is 55.5 Å². The molecular formula is C19H31NO. The van der Waals surface area contributed by atoms with Gasteiger partial charge in [0.05, 0.1) is 11.6 Å². The number of aryl methyl sites for hydroxylation is 2. The first-order valence-corrected chi connectivity index (χ1v) is 8.57. The van der Waals surface area contributed by atoms with Crippen molar-refractivity contribution in [3.8, 4) is 0 Å². The number of benzene rings is 1. The average Bonchev–Trinajstić information content (AvgIpc) is 2.45. The predicted octanol–water partition coefficient (Wildman–Crippen LogP) is 4.69. The van der Waals surface area contributed by atoms with Gasteiger partial charge in [0.1, 0.15) is 0 Å². The Labute approximate surface area is 130 Å². The Hall–Kier alpha value is -0.860. The Morgan fingerprint density at radius 3 is 2.19 bits per heavy atom. The minimum Gasteiger partial charge on any atom is -0.373 e. The molecule has 118 valence electrons. The maximum Gasteiger partial charge on any atom is 0.0876 e. The number of ether oxygens (including phenoxy) is 1. The molecule has 1 fully saturated rings. The van der Waals surface area contributed by atoms with Crippen LogP contribution in [0.3, 0.4) is 0 Å². The van der Waals surface area contributed by atoms with E-state index in [4.69, 9.17) is 4.74 Å². The van der Waals surface area contributed by atoms with Crippen LogP contribution in [0.15, 0.2) is 18.2 Å². The summed E-state index contributed by atoms with van der Waals surface area (Å²) < 4.78 is 6.36. The van der Waals surface area contributed by atoms with Crippen LogP contribution in [0.1, 0.15) is 68.7 Å². The van der Waals surface area contributed by atoms with Crippen molar-refractivity contribution in [3.63, 3.8) is 0 Å². The van der Waals surface area contributed by atoms with Gasteiger partial charge in [0, 0.05) is 6.61 Å². The van der Waals surface area contributed by atoms with Gasteiger partial charge in [0.15, 0.2) is 0 Å². The highest BCUT2D eigenvalue weighted by molar-refractivity contribution is 5.32. The van der Waals surface area contributed by atoms with Crippen LogP contribution < -0.4 is 5.32 Å². The Kier molecular flexibility index (Phi) is 5.83. The van der Waals surface area contributed by atoms with Crippen LogP contribution >= 0.6 is 0 Å². The van der Waals surface area contributed by atoms with E-state index in [2.05, 4.69) is 51.2 Å². The second kappa shape index (κ2) is 7.42. The largest absolute Gasteiger partial charge is 0.373 e. The summed E-state index contributed by atoms with van der Waals surface area (Å²) in [4.78, 5) is 0. The highest BCUT2D eigenvalue weighted by Gasteiger charge is 2.41. The third-order valence-corrected chi connectivity index (χ3v) is 4.64. The minimum atomic E-state index is -0.0246. The van der Waals surface area contributed by atoms with Crippen molar-refractivity contribution in [1.29, 1.82) is 0 Å². The van der Waals surface area contributed by atoms with E-state index in [-0.39, 0.29) is 5.60 Å². The average molecular weight is 289 g/mol. The second-order valence-electron chi connectivity index (χ2n) is 6.47. The fourth-order valence-corrected chi connectivity index (χ4v) is 3.94. The molecule has 0 spiro atoms. The summed E-state index contributed by atoms with van der Waals surface area (Å²) in [6.45, 7) is 10.5. The van der Waals surface area contributed by atoms with Crippen molar-refractivity contribution >= 4 is 0 Å². The summed E-state index contributed by atoms with van der Waals surface area (Å²) in [5, 5.41) is 3.72. The van der Waals surface area contributed by atoms with Gasteiger partial charge in [-0.3, -0.25) is 0 Å². The van der Waals surface area contributed by atoms with Gasteiger partial charge in [0.2, 0.25) is 0 Å². The molecule has 0 aliphatic heterocycles. The molecule has 0 saturated heterocycles. The quantitative estimate of drug-likeness (QED) is 0.820. The van der Waals surface area contributed by atoms with Gasteiger partial charge in [-0.25, -0.2) is 0 Å². The Morgan fingerprint density at radius 2 is 1.67 bits per heavy atom. The van der Waals surface area contributed by atoms with E-state index >= 15 is 0 Å². The molecule has 2 rings (SSSR count). The molecule has 0 aromatic heterocycles. The van der Waals surface area contributed by atoms with Gasteiger partial charge < -0.3 is 10.1 Å². The highest BCUT2D eigenvalue weighted by Crippen LogP contribution is 2.42. The van der Waals surface area contributed by atoms with Crippen LogP contribution in [-0.2, 0) is 4.74 Å². The molecule has 1 aromatic carbocycles. The molecular weight excluding hydrogens is 258 g/mol. The Morgan fingerprint density at radius 1 is 1.05 bits per heavy atom. The van der Waals surface area contributed by atoms with Crippen LogP contribution in [0.4, 0.5) is 0 Å². The third kappa shape index (κ3) is 3.87. The summed E-state index contributed by atoms with van der Waals surface area (Å²) in [6, 6.07) is 7.22. The van der Waals surface area contributed by atoms with Gasteiger partial charge in [-0.2, -0.15) is 0 Å². The fourth-order valence-electron chi connectivity index (χ4n) is 3.94. The zero-order valence-electron chi connectivity index (χ0n) is 14.2. The molecule has 21 heavy (non-hydrogen) atoms. The van der Waals surface area contributed by atoms with Gasteiger partial charge in [-0.15, -0.1) is 0 Å². The van der Waals surface area contributed by atoms with E-state index < -0.39 is 0 Å². The highest BCUT2D eigenvalue weighted by atomic mass is 16.5. The van der Waals surface area contributed by atoms with Crippen molar-refractivity contribution in [2.45, 2.75) is 71.4 Å². The maximum absolute atomic E-state index is 6.36. The zero-order chi connectivity index (χ0) is 15.3. The number of hydrogen-bond acceptors (Lipinski definition) is 2. The molecule has 1 saturated carbocycles. The lowest BCUT2D eigenvalue weighted by molar-refractivity contribution is -0.0910. The maximum atomic E-state index is 6.36. The lowest BCUT2D eigenvalue weighted by Gasteiger charge is -2.44. The van der Waals surface area contributed by atoms with Crippen molar-refractivity contribution in [2.75, 3.05) is 13.2 Å². The normalized spacial score (nSPS) is 19.4. The number of hydrogen-bond donors (Lipinski definition) is 1. The van der Waals surface area contributed by atoms with E-state index in [1.54, 1.807) is 0 Å². The molecule has 1 aromatic rings. The topological polar surface area (TPSA) is 21.3 Å². The molecule has 0 radical (unpaired) electrons.